The molecule has 0 radical (unpaired) electrons. The molecular weight excluding hydrogens is 355 g/mol. The van der Waals surface area contributed by atoms with E-state index in [1.807, 2.05) is 13.8 Å². The average Bonchev–Trinajstić information content (AvgIpc) is 2.49. The van der Waals surface area contributed by atoms with Crippen molar-refractivity contribution in [3.8, 4) is 5.75 Å². The van der Waals surface area contributed by atoms with Gasteiger partial charge in [-0.25, -0.2) is 0 Å². The zero-order valence-corrected chi connectivity index (χ0v) is 14.4. The predicted octanol–water partition coefficient (Wildman–Crippen LogP) is 4.94. The quantitative estimate of drug-likeness (QED) is 0.598. The molecular formula is C16H14Cl2N2O4. The minimum Gasteiger partial charge on any atom is -0.489 e. The molecule has 0 aliphatic carbocycles. The number of nitro benzene ring substituents is 1. The summed E-state index contributed by atoms with van der Waals surface area (Å²) in [5, 5.41) is 14.1. The lowest BCUT2D eigenvalue weighted by atomic mass is 10.1. The fourth-order valence-electron chi connectivity index (χ4n) is 1.98. The summed E-state index contributed by atoms with van der Waals surface area (Å²) in [4.78, 5) is 22.7. The number of benzene rings is 2. The van der Waals surface area contributed by atoms with Crippen molar-refractivity contribution in [1.82, 2.24) is 0 Å². The molecule has 0 bridgehead atoms. The molecule has 24 heavy (non-hydrogen) atoms. The summed E-state index contributed by atoms with van der Waals surface area (Å²) < 4.78 is 5.50. The number of carbonyl (C=O) groups is 1. The van der Waals surface area contributed by atoms with Gasteiger partial charge in [-0.05, 0) is 44.2 Å². The highest BCUT2D eigenvalue weighted by Crippen LogP contribution is 2.29. The van der Waals surface area contributed by atoms with Gasteiger partial charge in [-0.2, -0.15) is 0 Å². The van der Waals surface area contributed by atoms with Gasteiger partial charge >= 0.3 is 0 Å². The molecule has 2 aromatic carbocycles. The van der Waals surface area contributed by atoms with Crippen molar-refractivity contribution in [3.05, 3.63) is 62.1 Å². The minimum atomic E-state index is -0.655. The maximum atomic E-state index is 12.3. The molecule has 1 N–H and O–H groups in total. The van der Waals surface area contributed by atoms with Crippen LogP contribution in [0.4, 0.5) is 11.4 Å². The van der Waals surface area contributed by atoms with Crippen molar-refractivity contribution in [1.29, 1.82) is 0 Å². The van der Waals surface area contributed by atoms with E-state index in [2.05, 4.69) is 5.32 Å². The molecule has 0 saturated carbocycles. The lowest BCUT2D eigenvalue weighted by Gasteiger charge is -2.13. The van der Waals surface area contributed by atoms with Crippen LogP contribution in [0.3, 0.4) is 0 Å². The Morgan fingerprint density at radius 2 is 1.92 bits per heavy atom. The molecule has 0 aliphatic heterocycles. The van der Waals surface area contributed by atoms with Crippen molar-refractivity contribution >= 4 is 40.5 Å². The Labute approximate surface area is 148 Å². The first kappa shape index (κ1) is 18.0. The lowest BCUT2D eigenvalue weighted by molar-refractivity contribution is -0.385. The molecule has 0 heterocycles. The van der Waals surface area contributed by atoms with E-state index < -0.39 is 10.8 Å². The molecule has 0 aliphatic rings. The van der Waals surface area contributed by atoms with E-state index >= 15 is 0 Å². The second-order valence-electron chi connectivity index (χ2n) is 5.18. The highest BCUT2D eigenvalue weighted by molar-refractivity contribution is 6.32. The Morgan fingerprint density at radius 1 is 1.21 bits per heavy atom. The topological polar surface area (TPSA) is 81.5 Å². The number of ether oxygens (including phenoxy) is 1. The summed E-state index contributed by atoms with van der Waals surface area (Å²) in [6, 6.07) is 8.50. The molecule has 8 heteroatoms. The summed E-state index contributed by atoms with van der Waals surface area (Å²) in [5.41, 5.74) is -0.0794. The van der Waals surface area contributed by atoms with Crippen LogP contribution in [-0.4, -0.2) is 16.9 Å². The molecule has 2 aromatic rings. The van der Waals surface area contributed by atoms with E-state index in [0.29, 0.717) is 16.5 Å². The van der Waals surface area contributed by atoms with Gasteiger partial charge in [-0.3, -0.25) is 14.9 Å². The zero-order chi connectivity index (χ0) is 17.9. The largest absolute Gasteiger partial charge is 0.489 e. The molecule has 0 fully saturated rings. The normalized spacial score (nSPS) is 10.5. The van der Waals surface area contributed by atoms with Crippen LogP contribution in [0.15, 0.2) is 36.4 Å². The van der Waals surface area contributed by atoms with Crippen molar-refractivity contribution in [2.24, 2.45) is 0 Å². The van der Waals surface area contributed by atoms with E-state index in [9.17, 15) is 14.9 Å². The van der Waals surface area contributed by atoms with Gasteiger partial charge in [0.15, 0.2) is 0 Å². The van der Waals surface area contributed by atoms with Crippen molar-refractivity contribution in [3.63, 3.8) is 0 Å². The van der Waals surface area contributed by atoms with Gasteiger partial charge in [-0.1, -0.05) is 23.2 Å². The van der Waals surface area contributed by atoms with Crippen LogP contribution in [0, 0.1) is 10.1 Å². The molecule has 1 amide bonds. The van der Waals surface area contributed by atoms with Crippen LogP contribution >= 0.6 is 23.2 Å². The molecule has 126 valence electrons. The number of amides is 1. The third-order valence-corrected chi connectivity index (χ3v) is 3.48. The Kier molecular flexibility index (Phi) is 5.64. The summed E-state index contributed by atoms with van der Waals surface area (Å²) in [5.74, 6) is -0.170. The van der Waals surface area contributed by atoms with E-state index in [-0.39, 0.29) is 22.4 Å². The maximum Gasteiger partial charge on any atom is 0.282 e. The first-order chi connectivity index (χ1) is 11.3. The standard InChI is InChI=1S/C16H14Cl2N2O4/c1-9(2)24-15-6-4-11(8-13(15)18)19-16(21)12-7-10(17)3-5-14(12)20(22)23/h3-9H,1-2H3,(H,19,21). The number of nitro groups is 1. The Hall–Kier alpha value is -2.31. The molecule has 0 atom stereocenters. The van der Waals surface area contributed by atoms with Crippen LogP contribution in [0.25, 0.3) is 0 Å². The zero-order valence-electron chi connectivity index (χ0n) is 12.9. The van der Waals surface area contributed by atoms with Crippen molar-refractivity contribution in [2.75, 3.05) is 5.32 Å². The number of nitrogens with one attached hydrogen (secondary N) is 1. The monoisotopic (exact) mass is 368 g/mol. The fraction of sp³-hybridized carbons (Fsp3) is 0.188. The molecule has 2 rings (SSSR count). The molecule has 0 saturated heterocycles. The number of halogens is 2. The van der Waals surface area contributed by atoms with Gasteiger partial charge in [0.2, 0.25) is 0 Å². The third-order valence-electron chi connectivity index (χ3n) is 2.95. The summed E-state index contributed by atoms with van der Waals surface area (Å²) in [6.45, 7) is 3.73. The van der Waals surface area contributed by atoms with Gasteiger partial charge < -0.3 is 10.1 Å². The molecule has 0 aromatic heterocycles. The van der Waals surface area contributed by atoms with E-state index in [0.717, 1.165) is 0 Å². The van der Waals surface area contributed by atoms with Crippen LogP contribution in [-0.2, 0) is 0 Å². The van der Waals surface area contributed by atoms with Crippen LogP contribution in [0.1, 0.15) is 24.2 Å². The van der Waals surface area contributed by atoms with E-state index in [4.69, 9.17) is 27.9 Å². The van der Waals surface area contributed by atoms with Crippen LogP contribution in [0.5, 0.6) is 5.75 Å². The van der Waals surface area contributed by atoms with Gasteiger partial charge in [0.05, 0.1) is 16.0 Å². The highest BCUT2D eigenvalue weighted by Gasteiger charge is 2.21. The molecule has 6 nitrogen and oxygen atoms in total. The summed E-state index contributed by atoms with van der Waals surface area (Å²) >= 11 is 11.9. The third kappa shape index (κ3) is 4.37. The highest BCUT2D eigenvalue weighted by atomic mass is 35.5. The maximum absolute atomic E-state index is 12.3. The second kappa shape index (κ2) is 7.51. The predicted molar refractivity (Wildman–Crippen MR) is 93.3 cm³/mol. The van der Waals surface area contributed by atoms with E-state index in [1.165, 1.54) is 24.3 Å². The lowest BCUT2D eigenvalue weighted by Crippen LogP contribution is -2.14. The SMILES string of the molecule is CC(C)Oc1ccc(NC(=O)c2cc(Cl)ccc2[N+](=O)[O-])cc1Cl. The molecule has 0 unspecified atom stereocenters. The smallest absolute Gasteiger partial charge is 0.282 e. The average molecular weight is 369 g/mol. The van der Waals surface area contributed by atoms with Gasteiger partial charge in [-0.15, -0.1) is 0 Å². The van der Waals surface area contributed by atoms with Crippen LogP contribution in [0.2, 0.25) is 10.0 Å². The number of hydrogen-bond donors (Lipinski definition) is 1. The number of rotatable bonds is 5. The Bertz CT molecular complexity index is 794. The fourth-order valence-corrected chi connectivity index (χ4v) is 2.37. The molecule has 0 spiro atoms. The van der Waals surface area contributed by atoms with Gasteiger partial charge in [0.1, 0.15) is 11.3 Å². The second-order valence-corrected chi connectivity index (χ2v) is 6.03. The summed E-state index contributed by atoms with van der Waals surface area (Å²) in [6.07, 6.45) is -0.0444. The number of anilines is 1. The first-order valence-electron chi connectivity index (χ1n) is 6.99. The minimum absolute atomic E-state index is 0.0444. The summed E-state index contributed by atoms with van der Waals surface area (Å²) in [7, 11) is 0. The number of carbonyl (C=O) groups excluding carboxylic acids is 1. The Morgan fingerprint density at radius 3 is 2.50 bits per heavy atom. The Balaban J connectivity index is 2.26. The van der Waals surface area contributed by atoms with E-state index in [1.54, 1.807) is 12.1 Å². The number of nitrogens with zero attached hydrogens (tertiary/aromatic N) is 1. The van der Waals surface area contributed by atoms with Crippen molar-refractivity contribution in [2.45, 2.75) is 20.0 Å². The van der Waals surface area contributed by atoms with Crippen LogP contribution < -0.4 is 10.1 Å². The van der Waals surface area contributed by atoms with Gasteiger partial charge in [0.25, 0.3) is 11.6 Å². The van der Waals surface area contributed by atoms with Crippen molar-refractivity contribution < 1.29 is 14.5 Å². The first-order valence-corrected chi connectivity index (χ1v) is 7.75. The van der Waals surface area contributed by atoms with Gasteiger partial charge in [0, 0.05) is 16.8 Å². The number of hydrogen-bond acceptors (Lipinski definition) is 4.